The van der Waals surface area contributed by atoms with E-state index in [1.165, 1.54) is 6.26 Å². The van der Waals surface area contributed by atoms with Crippen LogP contribution >= 0.6 is 0 Å². The van der Waals surface area contributed by atoms with E-state index in [4.69, 9.17) is 4.42 Å². The minimum absolute atomic E-state index is 0.0608. The summed E-state index contributed by atoms with van der Waals surface area (Å²) in [4.78, 5) is 12.4. The zero-order chi connectivity index (χ0) is 17.6. The summed E-state index contributed by atoms with van der Waals surface area (Å²) in [6, 6.07) is 12.0. The Kier molecular flexibility index (Phi) is 5.15. The number of nitrogens with zero attached hydrogens (tertiary/aromatic N) is 2. The van der Waals surface area contributed by atoms with Crippen molar-refractivity contribution in [2.75, 3.05) is 11.9 Å². The van der Waals surface area contributed by atoms with Gasteiger partial charge in [-0.1, -0.05) is 12.1 Å². The number of benzene rings is 1. The molecule has 0 aliphatic carbocycles. The van der Waals surface area contributed by atoms with Crippen LogP contribution in [0.5, 0.6) is 0 Å². The van der Waals surface area contributed by atoms with E-state index in [2.05, 4.69) is 15.7 Å². The van der Waals surface area contributed by atoms with Gasteiger partial charge in [0.05, 0.1) is 23.7 Å². The van der Waals surface area contributed by atoms with E-state index in [0.29, 0.717) is 17.9 Å². The van der Waals surface area contributed by atoms with Gasteiger partial charge in [0.1, 0.15) is 5.76 Å². The van der Waals surface area contributed by atoms with E-state index < -0.39 is 6.04 Å². The molecule has 3 N–H and O–H groups in total. The number of hydrogen-bond donors (Lipinski definition) is 3. The van der Waals surface area contributed by atoms with E-state index in [-0.39, 0.29) is 12.6 Å². The van der Waals surface area contributed by atoms with Crippen LogP contribution in [0.1, 0.15) is 23.9 Å². The number of amides is 2. The van der Waals surface area contributed by atoms with E-state index in [9.17, 15) is 9.90 Å². The van der Waals surface area contributed by atoms with Crippen LogP contribution in [0.4, 0.5) is 10.5 Å². The molecular weight excluding hydrogens is 320 g/mol. The second kappa shape index (κ2) is 7.67. The molecule has 2 heterocycles. The van der Waals surface area contributed by atoms with Gasteiger partial charge >= 0.3 is 6.03 Å². The third-order valence-corrected chi connectivity index (χ3v) is 3.82. The van der Waals surface area contributed by atoms with Crippen LogP contribution in [0.25, 0.3) is 5.69 Å². The molecule has 0 bridgehead atoms. The molecule has 1 aromatic carbocycles. The fourth-order valence-corrected chi connectivity index (χ4v) is 2.61. The van der Waals surface area contributed by atoms with Crippen LogP contribution in [-0.4, -0.2) is 27.5 Å². The predicted octanol–water partition coefficient (Wildman–Crippen LogP) is 3.02. The molecule has 0 fully saturated rings. The molecule has 1 atom stereocenters. The van der Waals surface area contributed by atoms with Crippen LogP contribution in [-0.2, 0) is 0 Å². The Bertz CT molecular complexity index is 826. The molecule has 0 spiro atoms. The van der Waals surface area contributed by atoms with Crippen LogP contribution in [0, 0.1) is 6.92 Å². The number of anilines is 1. The lowest BCUT2D eigenvalue weighted by Crippen LogP contribution is -2.33. The van der Waals surface area contributed by atoms with Gasteiger partial charge in [-0.3, -0.25) is 0 Å². The van der Waals surface area contributed by atoms with E-state index in [0.717, 1.165) is 11.4 Å². The molecule has 1 unspecified atom stereocenters. The standard InChI is InChI=1S/C18H20N4O3/c1-13-8-10-19-22(13)16-6-3-2-5-14(16)20-18(24)21-15(9-11-23)17-7-4-12-25-17/h2-8,10,12,15,23H,9,11H2,1H3,(H2,20,21,24). The first kappa shape index (κ1) is 16.8. The lowest BCUT2D eigenvalue weighted by Gasteiger charge is -2.17. The summed E-state index contributed by atoms with van der Waals surface area (Å²) in [5.74, 6) is 0.598. The van der Waals surface area contributed by atoms with Gasteiger partial charge in [-0.15, -0.1) is 0 Å². The molecule has 7 heteroatoms. The van der Waals surface area contributed by atoms with Crippen LogP contribution in [0.15, 0.2) is 59.3 Å². The number of hydrogen-bond acceptors (Lipinski definition) is 4. The van der Waals surface area contributed by atoms with Gasteiger partial charge in [0.2, 0.25) is 0 Å². The van der Waals surface area contributed by atoms with Gasteiger partial charge in [-0.2, -0.15) is 5.10 Å². The van der Waals surface area contributed by atoms with Gasteiger partial charge in [0, 0.05) is 18.5 Å². The Morgan fingerprint density at radius 2 is 2.12 bits per heavy atom. The maximum Gasteiger partial charge on any atom is 0.319 e. The first-order chi connectivity index (χ1) is 12.2. The predicted molar refractivity (Wildman–Crippen MR) is 93.6 cm³/mol. The molecule has 7 nitrogen and oxygen atoms in total. The first-order valence-electron chi connectivity index (χ1n) is 8.01. The van der Waals surface area contributed by atoms with Gasteiger partial charge in [0.25, 0.3) is 0 Å². The summed E-state index contributed by atoms with van der Waals surface area (Å²) in [7, 11) is 0. The summed E-state index contributed by atoms with van der Waals surface area (Å²) in [6.45, 7) is 1.88. The SMILES string of the molecule is Cc1ccnn1-c1ccccc1NC(=O)NC(CCO)c1ccco1. The number of aromatic nitrogens is 2. The van der Waals surface area contributed by atoms with Crippen LogP contribution in [0.2, 0.25) is 0 Å². The van der Waals surface area contributed by atoms with Crippen molar-refractivity contribution in [3.8, 4) is 5.69 Å². The molecule has 25 heavy (non-hydrogen) atoms. The number of aliphatic hydroxyl groups is 1. The minimum atomic E-state index is -0.404. The van der Waals surface area contributed by atoms with E-state index >= 15 is 0 Å². The number of para-hydroxylation sites is 2. The number of carbonyl (C=O) groups excluding carboxylic acids is 1. The first-order valence-corrected chi connectivity index (χ1v) is 8.01. The second-order valence-corrected chi connectivity index (χ2v) is 5.58. The van der Waals surface area contributed by atoms with Crippen molar-refractivity contribution >= 4 is 11.7 Å². The summed E-state index contributed by atoms with van der Waals surface area (Å²) in [5.41, 5.74) is 2.37. The highest BCUT2D eigenvalue weighted by Gasteiger charge is 2.17. The minimum Gasteiger partial charge on any atom is -0.467 e. The quantitative estimate of drug-likeness (QED) is 0.643. The number of urea groups is 1. The molecular formula is C18H20N4O3. The van der Waals surface area contributed by atoms with Crippen molar-refractivity contribution in [3.05, 3.63) is 66.4 Å². The fraction of sp³-hybridized carbons (Fsp3) is 0.222. The summed E-state index contributed by atoms with van der Waals surface area (Å²) in [6.07, 6.45) is 3.61. The van der Waals surface area contributed by atoms with Crippen molar-refractivity contribution in [2.24, 2.45) is 0 Å². The lowest BCUT2D eigenvalue weighted by atomic mass is 10.1. The van der Waals surface area contributed by atoms with E-state index in [1.807, 2.05) is 37.3 Å². The Labute approximate surface area is 145 Å². The monoisotopic (exact) mass is 340 g/mol. The van der Waals surface area contributed by atoms with Crippen LogP contribution in [0.3, 0.4) is 0 Å². The highest BCUT2D eigenvalue weighted by molar-refractivity contribution is 5.91. The summed E-state index contributed by atoms with van der Waals surface area (Å²) < 4.78 is 7.09. The number of rotatable bonds is 6. The second-order valence-electron chi connectivity index (χ2n) is 5.58. The normalized spacial score (nSPS) is 11.9. The topological polar surface area (TPSA) is 92.3 Å². The number of nitrogens with one attached hydrogen (secondary N) is 2. The zero-order valence-corrected chi connectivity index (χ0v) is 13.8. The molecule has 130 valence electrons. The number of furan rings is 1. The highest BCUT2D eigenvalue weighted by atomic mass is 16.3. The van der Waals surface area contributed by atoms with Crippen LogP contribution < -0.4 is 10.6 Å². The van der Waals surface area contributed by atoms with Gasteiger partial charge < -0.3 is 20.2 Å². The Hall–Kier alpha value is -3.06. The fourth-order valence-electron chi connectivity index (χ4n) is 2.61. The molecule has 2 aromatic heterocycles. The largest absolute Gasteiger partial charge is 0.467 e. The molecule has 0 saturated heterocycles. The third-order valence-electron chi connectivity index (χ3n) is 3.82. The lowest BCUT2D eigenvalue weighted by molar-refractivity contribution is 0.233. The third kappa shape index (κ3) is 3.89. The summed E-state index contributed by atoms with van der Waals surface area (Å²) in [5, 5.41) is 19.2. The average molecular weight is 340 g/mol. The van der Waals surface area contributed by atoms with Crippen molar-refractivity contribution in [2.45, 2.75) is 19.4 Å². The molecule has 2 amide bonds. The smallest absolute Gasteiger partial charge is 0.319 e. The summed E-state index contributed by atoms with van der Waals surface area (Å²) >= 11 is 0. The molecule has 0 radical (unpaired) electrons. The maximum atomic E-state index is 12.4. The molecule has 3 aromatic rings. The average Bonchev–Trinajstić information content (AvgIpc) is 3.27. The number of aryl methyl sites for hydroxylation is 1. The number of carbonyl (C=O) groups is 1. The molecule has 0 saturated carbocycles. The Balaban J connectivity index is 1.76. The molecule has 3 rings (SSSR count). The highest BCUT2D eigenvalue weighted by Crippen LogP contribution is 2.22. The van der Waals surface area contributed by atoms with Crippen molar-refractivity contribution in [1.29, 1.82) is 0 Å². The van der Waals surface area contributed by atoms with Gasteiger partial charge in [0.15, 0.2) is 0 Å². The van der Waals surface area contributed by atoms with Crippen molar-refractivity contribution < 1.29 is 14.3 Å². The van der Waals surface area contributed by atoms with Gasteiger partial charge in [-0.05, 0) is 43.7 Å². The van der Waals surface area contributed by atoms with E-state index in [1.54, 1.807) is 23.0 Å². The van der Waals surface area contributed by atoms with Gasteiger partial charge in [-0.25, -0.2) is 9.48 Å². The molecule has 0 aliphatic rings. The number of aliphatic hydroxyl groups excluding tert-OH is 1. The maximum absolute atomic E-state index is 12.4. The van der Waals surface area contributed by atoms with Crippen molar-refractivity contribution in [1.82, 2.24) is 15.1 Å². The molecule has 0 aliphatic heterocycles. The van der Waals surface area contributed by atoms with Crippen molar-refractivity contribution in [3.63, 3.8) is 0 Å². The Morgan fingerprint density at radius 1 is 1.28 bits per heavy atom. The zero-order valence-electron chi connectivity index (χ0n) is 13.8. The Morgan fingerprint density at radius 3 is 2.80 bits per heavy atom.